The minimum Gasteiger partial charge on any atom is -0.512 e. The van der Waals surface area contributed by atoms with Crippen LogP contribution in [-0.4, -0.2) is 0 Å². The van der Waals surface area contributed by atoms with Crippen molar-refractivity contribution >= 4 is 0 Å². The van der Waals surface area contributed by atoms with Crippen LogP contribution in [0.15, 0.2) is 30.3 Å². The number of nitrogens with zero attached hydrogens (tertiary/aromatic N) is 1. The van der Waals surface area contributed by atoms with E-state index in [9.17, 15) is 0 Å². The normalized spacial score (nSPS) is 5.25. The van der Waals surface area contributed by atoms with E-state index in [-0.39, 0.29) is 17.1 Å². The maximum atomic E-state index is 6.25. The summed E-state index contributed by atoms with van der Waals surface area (Å²) in [5.41, 5.74) is 0. The zero-order valence-electron chi connectivity index (χ0n) is 4.14. The van der Waals surface area contributed by atoms with Gasteiger partial charge in [-0.15, -0.1) is 0 Å². The average molecular weight is 155 g/mol. The number of rotatable bonds is 0. The van der Waals surface area contributed by atoms with Crippen LogP contribution in [0.25, 0.3) is 0 Å². The monoisotopic (exact) mass is 154 g/mol. The molecule has 0 N–H and O–H groups in total. The first-order chi connectivity index (χ1) is 3.50. The molecular formula is C6H5CuN. The quantitative estimate of drug-likeness (QED) is 0.411. The second-order valence-electron chi connectivity index (χ2n) is 0.962. The summed E-state index contributed by atoms with van der Waals surface area (Å²) in [4.78, 5) is 0. The van der Waals surface area contributed by atoms with Crippen molar-refractivity contribution in [2.24, 2.45) is 0 Å². The second kappa shape index (κ2) is 9.61. The van der Waals surface area contributed by atoms with Crippen molar-refractivity contribution in [2.75, 3.05) is 0 Å². The van der Waals surface area contributed by atoms with Gasteiger partial charge in [-0.1, -0.05) is 0 Å². The van der Waals surface area contributed by atoms with Gasteiger partial charge in [0.2, 0.25) is 0 Å². The maximum Gasteiger partial charge on any atom is 2.00 e. The van der Waals surface area contributed by atoms with Crippen LogP contribution in [-0.2, 0) is 17.1 Å². The molecule has 1 aromatic rings. The van der Waals surface area contributed by atoms with Gasteiger partial charge < -0.3 is 11.8 Å². The summed E-state index contributed by atoms with van der Waals surface area (Å²) < 4.78 is 0. The molecule has 0 saturated carbocycles. The number of hydrogen-bond acceptors (Lipinski definition) is 1. The van der Waals surface area contributed by atoms with Crippen LogP contribution in [0, 0.1) is 11.8 Å². The van der Waals surface area contributed by atoms with Crippen molar-refractivity contribution in [1.82, 2.24) is 0 Å². The van der Waals surface area contributed by atoms with E-state index in [4.69, 9.17) is 11.8 Å². The predicted molar refractivity (Wildman–Crippen MR) is 27.0 cm³/mol. The van der Waals surface area contributed by atoms with Crippen molar-refractivity contribution in [1.29, 1.82) is 5.26 Å². The Hall–Kier alpha value is -0.641. The first-order valence-corrected chi connectivity index (χ1v) is 1.89. The zero-order chi connectivity index (χ0) is 5.54. The first-order valence-electron chi connectivity index (χ1n) is 1.89. The Morgan fingerprint density at radius 1 is 1.12 bits per heavy atom. The summed E-state index contributed by atoms with van der Waals surface area (Å²) >= 11 is 0. The molecule has 1 radical (unpaired) electrons. The fraction of sp³-hybridized carbons (Fsp3) is 0. The molecule has 0 aliphatic rings. The minimum atomic E-state index is 0. The molecule has 0 atom stereocenters. The standard InChI is InChI=1S/C5H5.CN.Cu/c1-2-4-5-3-1;1-2;/h1-5H;;/q2*-1;+2. The fourth-order valence-corrected chi connectivity index (χ4v) is 0.321. The van der Waals surface area contributed by atoms with Crippen LogP contribution in [0.2, 0.25) is 0 Å². The Bertz CT molecular complexity index is 92.1. The molecule has 2 heteroatoms. The van der Waals surface area contributed by atoms with Crippen molar-refractivity contribution in [3.05, 3.63) is 36.9 Å². The molecule has 0 aromatic heterocycles. The van der Waals surface area contributed by atoms with Gasteiger partial charge in [-0.2, -0.15) is 18.2 Å². The molecule has 0 heterocycles. The molecule has 0 aliphatic heterocycles. The molecule has 8 heavy (non-hydrogen) atoms. The molecule has 0 amide bonds. The fourth-order valence-electron chi connectivity index (χ4n) is 0.321. The van der Waals surface area contributed by atoms with E-state index in [2.05, 4.69) is 0 Å². The Kier molecular flexibility index (Phi) is 12.4. The average Bonchev–Trinajstić information content (AvgIpc) is 2.23. The summed E-state index contributed by atoms with van der Waals surface area (Å²) in [6, 6.07) is 10.0. The summed E-state index contributed by atoms with van der Waals surface area (Å²) in [7, 11) is 0. The third-order valence-electron chi connectivity index (χ3n) is 0.556. The zero-order valence-corrected chi connectivity index (χ0v) is 5.08. The van der Waals surface area contributed by atoms with Gasteiger partial charge in [0.15, 0.2) is 0 Å². The smallest absolute Gasteiger partial charge is 0.512 e. The van der Waals surface area contributed by atoms with E-state index < -0.39 is 0 Å². The third kappa shape index (κ3) is 5.36. The molecule has 1 aromatic carbocycles. The molecular weight excluding hydrogens is 150 g/mol. The Morgan fingerprint density at radius 2 is 1.50 bits per heavy atom. The SMILES string of the molecule is [C-]#N.[Cu+2].c1cc[cH-]c1. The van der Waals surface area contributed by atoms with Crippen LogP contribution in [0.5, 0.6) is 0 Å². The van der Waals surface area contributed by atoms with Gasteiger partial charge in [0.25, 0.3) is 0 Å². The van der Waals surface area contributed by atoms with E-state index >= 15 is 0 Å². The Morgan fingerprint density at radius 3 is 1.62 bits per heavy atom. The maximum absolute atomic E-state index is 6.25. The van der Waals surface area contributed by atoms with Crippen LogP contribution >= 0.6 is 0 Å². The Labute approximate surface area is 59.8 Å². The van der Waals surface area contributed by atoms with Crippen molar-refractivity contribution < 1.29 is 17.1 Å². The molecule has 1 nitrogen and oxygen atoms in total. The summed E-state index contributed by atoms with van der Waals surface area (Å²) in [6.07, 6.45) is 0. The van der Waals surface area contributed by atoms with Gasteiger partial charge in [0, 0.05) is 0 Å². The van der Waals surface area contributed by atoms with E-state index in [1.165, 1.54) is 0 Å². The molecule has 1 rings (SSSR count). The largest absolute Gasteiger partial charge is 2.00 e. The molecule has 0 unspecified atom stereocenters. The van der Waals surface area contributed by atoms with Gasteiger partial charge in [-0.05, 0) is 0 Å². The first kappa shape index (κ1) is 10.4. The molecule has 0 saturated heterocycles. The van der Waals surface area contributed by atoms with Crippen LogP contribution in [0.1, 0.15) is 0 Å². The summed E-state index contributed by atoms with van der Waals surface area (Å²) in [5.74, 6) is 0. The van der Waals surface area contributed by atoms with Crippen molar-refractivity contribution in [3.8, 4) is 0 Å². The van der Waals surface area contributed by atoms with E-state index in [0.29, 0.717) is 0 Å². The van der Waals surface area contributed by atoms with Crippen LogP contribution in [0.4, 0.5) is 0 Å². The molecule has 0 aliphatic carbocycles. The van der Waals surface area contributed by atoms with Gasteiger partial charge in [-0.3, -0.25) is 0 Å². The summed E-state index contributed by atoms with van der Waals surface area (Å²) in [6.45, 7) is 4.75. The van der Waals surface area contributed by atoms with Gasteiger partial charge >= 0.3 is 17.1 Å². The van der Waals surface area contributed by atoms with Crippen molar-refractivity contribution in [3.63, 3.8) is 0 Å². The predicted octanol–water partition coefficient (Wildman–Crippen LogP) is 1.50. The number of hydrogen-bond donors (Lipinski definition) is 0. The topological polar surface area (TPSA) is 23.8 Å². The minimum absolute atomic E-state index is 0. The van der Waals surface area contributed by atoms with Gasteiger partial charge in [0.05, 0.1) is 0 Å². The van der Waals surface area contributed by atoms with Crippen LogP contribution in [0.3, 0.4) is 0 Å². The summed E-state index contributed by atoms with van der Waals surface area (Å²) in [5, 5.41) is 6.25. The second-order valence-corrected chi connectivity index (χ2v) is 0.962. The van der Waals surface area contributed by atoms with E-state index in [0.717, 1.165) is 0 Å². The third-order valence-corrected chi connectivity index (χ3v) is 0.556. The molecule has 45 valence electrons. The van der Waals surface area contributed by atoms with E-state index in [1.54, 1.807) is 0 Å². The Balaban J connectivity index is 0. The van der Waals surface area contributed by atoms with Gasteiger partial charge in [0.1, 0.15) is 0 Å². The van der Waals surface area contributed by atoms with Crippen molar-refractivity contribution in [2.45, 2.75) is 0 Å². The molecule has 0 fully saturated rings. The van der Waals surface area contributed by atoms with Gasteiger partial charge in [-0.25, -0.2) is 12.1 Å². The molecule has 0 spiro atoms. The van der Waals surface area contributed by atoms with Crippen LogP contribution < -0.4 is 0 Å². The molecule has 0 bridgehead atoms. The van der Waals surface area contributed by atoms with E-state index in [1.807, 2.05) is 30.3 Å².